The second kappa shape index (κ2) is 9.86. The van der Waals surface area contributed by atoms with Gasteiger partial charge in [-0.05, 0) is 50.7 Å². The molecule has 1 amide bonds. The number of rotatable bonds is 9. The minimum absolute atomic E-state index is 0.168. The van der Waals surface area contributed by atoms with Crippen molar-refractivity contribution < 1.29 is 17.9 Å². The maximum Gasteiger partial charge on any atom is 0.242 e. The number of sulfone groups is 1. The van der Waals surface area contributed by atoms with E-state index in [0.29, 0.717) is 36.2 Å². The molecule has 9 heteroatoms. The van der Waals surface area contributed by atoms with Crippen molar-refractivity contribution in [3.8, 4) is 5.75 Å². The average molecular weight is 426 g/mol. The maximum absolute atomic E-state index is 12.3. The van der Waals surface area contributed by atoms with Gasteiger partial charge in [0.25, 0.3) is 0 Å². The maximum atomic E-state index is 12.3. The summed E-state index contributed by atoms with van der Waals surface area (Å²) in [5.74, 6) is 0.785. The molecule has 0 saturated carbocycles. The van der Waals surface area contributed by atoms with Crippen molar-refractivity contribution in [2.75, 3.05) is 31.8 Å². The summed E-state index contributed by atoms with van der Waals surface area (Å²) < 4.78 is 28.8. The number of benzene rings is 1. The molecule has 0 saturated heterocycles. The molecule has 1 atom stereocenters. The fourth-order valence-electron chi connectivity index (χ4n) is 2.37. The summed E-state index contributed by atoms with van der Waals surface area (Å²) in [6.07, 6.45) is 3.31. The second-order valence-corrected chi connectivity index (χ2v) is 8.91. The molecule has 1 N–H and O–H groups in total. The van der Waals surface area contributed by atoms with E-state index in [0.717, 1.165) is 6.26 Å². The lowest BCUT2D eigenvalue weighted by atomic mass is 10.2. The minimum Gasteiger partial charge on any atom is -0.494 e. The molecule has 7 nitrogen and oxygen atoms in total. The van der Waals surface area contributed by atoms with Gasteiger partial charge in [0.1, 0.15) is 11.6 Å². The Morgan fingerprint density at radius 1 is 1.32 bits per heavy atom. The number of hydrogen-bond donors (Lipinski definition) is 1. The molecule has 0 spiro atoms. The van der Waals surface area contributed by atoms with E-state index < -0.39 is 9.84 Å². The molecular weight excluding hydrogens is 402 g/mol. The van der Waals surface area contributed by atoms with E-state index in [1.54, 1.807) is 24.3 Å². The lowest BCUT2D eigenvalue weighted by Gasteiger charge is -2.23. The van der Waals surface area contributed by atoms with Crippen LogP contribution in [0.2, 0.25) is 5.02 Å². The molecule has 0 aliphatic rings. The van der Waals surface area contributed by atoms with Gasteiger partial charge in [-0.1, -0.05) is 17.7 Å². The van der Waals surface area contributed by atoms with Crippen molar-refractivity contribution >= 4 is 33.2 Å². The summed E-state index contributed by atoms with van der Waals surface area (Å²) >= 11 is 5.78. The molecule has 1 aromatic carbocycles. The highest BCUT2D eigenvalue weighted by Crippen LogP contribution is 2.17. The number of likely N-dealkylation sites (N-methyl/N-ethyl adjacent to an activating group) is 1. The lowest BCUT2D eigenvalue weighted by Crippen LogP contribution is -2.40. The summed E-state index contributed by atoms with van der Waals surface area (Å²) in [6.45, 7) is 2.85. The van der Waals surface area contributed by atoms with Gasteiger partial charge in [0.2, 0.25) is 5.91 Å². The quantitative estimate of drug-likeness (QED) is 0.621. The molecule has 0 fully saturated rings. The monoisotopic (exact) mass is 425 g/mol. The van der Waals surface area contributed by atoms with Crippen LogP contribution >= 0.6 is 11.6 Å². The summed E-state index contributed by atoms with van der Waals surface area (Å²) in [5.41, 5.74) is 0. The number of amides is 1. The Labute approximate surface area is 170 Å². The molecule has 1 aromatic heterocycles. The first-order valence-corrected chi connectivity index (χ1v) is 11.0. The Kier molecular flexibility index (Phi) is 7.79. The van der Waals surface area contributed by atoms with Gasteiger partial charge in [-0.3, -0.25) is 9.69 Å². The van der Waals surface area contributed by atoms with Crippen LogP contribution in [0.5, 0.6) is 5.75 Å². The summed E-state index contributed by atoms with van der Waals surface area (Å²) in [4.78, 5) is 18.5. The predicted molar refractivity (Wildman–Crippen MR) is 110 cm³/mol. The van der Waals surface area contributed by atoms with Crippen molar-refractivity contribution in [2.45, 2.75) is 24.3 Å². The van der Waals surface area contributed by atoms with Gasteiger partial charge in [-0.25, -0.2) is 13.4 Å². The van der Waals surface area contributed by atoms with Crippen LogP contribution in [0.3, 0.4) is 0 Å². The summed E-state index contributed by atoms with van der Waals surface area (Å²) in [6, 6.07) is 9.36. The number of nitrogens with one attached hydrogen (secondary N) is 1. The first-order chi connectivity index (χ1) is 13.2. The molecule has 152 valence electrons. The van der Waals surface area contributed by atoms with E-state index in [2.05, 4.69) is 10.3 Å². The van der Waals surface area contributed by atoms with Gasteiger partial charge in [0.05, 0.1) is 22.6 Å². The minimum atomic E-state index is -3.26. The van der Waals surface area contributed by atoms with E-state index in [1.165, 1.54) is 18.3 Å². The fraction of sp³-hybridized carbons (Fsp3) is 0.368. The molecule has 28 heavy (non-hydrogen) atoms. The van der Waals surface area contributed by atoms with Crippen LogP contribution in [0.25, 0.3) is 0 Å². The van der Waals surface area contributed by atoms with Crippen LogP contribution in [-0.4, -0.2) is 56.7 Å². The highest BCUT2D eigenvalue weighted by Gasteiger charge is 2.18. The van der Waals surface area contributed by atoms with Gasteiger partial charge in [-0.2, -0.15) is 0 Å². The number of aromatic nitrogens is 1. The van der Waals surface area contributed by atoms with E-state index in [-0.39, 0.29) is 16.8 Å². The molecule has 2 aromatic rings. The molecule has 0 aliphatic carbocycles. The third-order valence-electron chi connectivity index (χ3n) is 4.18. The molecule has 2 rings (SSSR count). The number of anilines is 1. The van der Waals surface area contributed by atoms with Gasteiger partial charge in [0.15, 0.2) is 9.84 Å². The molecule has 0 radical (unpaired) electrons. The van der Waals surface area contributed by atoms with Gasteiger partial charge in [-0.15, -0.1) is 0 Å². The zero-order chi connectivity index (χ0) is 20.7. The number of ether oxygens (including phenoxy) is 1. The Morgan fingerprint density at radius 2 is 2.07 bits per heavy atom. The first-order valence-electron chi connectivity index (χ1n) is 8.72. The Morgan fingerprint density at radius 3 is 2.71 bits per heavy atom. The summed E-state index contributed by atoms with van der Waals surface area (Å²) in [5, 5.41) is 3.25. The van der Waals surface area contributed by atoms with Gasteiger partial charge in [0, 0.05) is 19.0 Å². The van der Waals surface area contributed by atoms with Crippen molar-refractivity contribution in [3.63, 3.8) is 0 Å². The average Bonchev–Trinajstić information content (AvgIpc) is 2.65. The van der Waals surface area contributed by atoms with E-state index in [4.69, 9.17) is 16.3 Å². The number of hydrogen-bond acceptors (Lipinski definition) is 6. The van der Waals surface area contributed by atoms with Crippen LogP contribution in [0.4, 0.5) is 5.82 Å². The highest BCUT2D eigenvalue weighted by molar-refractivity contribution is 7.90. The third kappa shape index (κ3) is 6.78. The number of pyridine rings is 1. The number of carbonyl (C=O) groups excluding carboxylic acids is 1. The van der Waals surface area contributed by atoms with Crippen LogP contribution in [0, 0.1) is 0 Å². The fourth-order valence-corrected chi connectivity index (χ4v) is 3.14. The van der Waals surface area contributed by atoms with Gasteiger partial charge >= 0.3 is 0 Å². The highest BCUT2D eigenvalue weighted by atomic mass is 35.5. The predicted octanol–water partition coefficient (Wildman–Crippen LogP) is 2.87. The third-order valence-corrected chi connectivity index (χ3v) is 5.51. The number of carbonyl (C=O) groups is 1. The van der Waals surface area contributed by atoms with Crippen molar-refractivity contribution in [2.24, 2.45) is 0 Å². The Balaban J connectivity index is 1.77. The zero-order valence-corrected chi connectivity index (χ0v) is 17.6. The van der Waals surface area contributed by atoms with Crippen LogP contribution in [0.1, 0.15) is 13.3 Å². The zero-order valence-electron chi connectivity index (χ0n) is 16.1. The second-order valence-electron chi connectivity index (χ2n) is 6.46. The molecule has 0 aliphatic heterocycles. The standard InChI is InChI=1S/C19H24ClN3O4S/c1-14(19(24)22-18-9-8-15(20)13-21-18)23(2)10-5-11-27-16-6-4-7-17(12-16)28(3,25)26/h4,6-9,12-14H,5,10-11H2,1-3H3,(H,21,22,24). The van der Waals surface area contributed by atoms with E-state index >= 15 is 0 Å². The number of halogens is 1. The Hall–Kier alpha value is -2.16. The topological polar surface area (TPSA) is 88.6 Å². The van der Waals surface area contributed by atoms with E-state index in [1.807, 2.05) is 18.9 Å². The number of nitrogens with zero attached hydrogens (tertiary/aromatic N) is 2. The lowest BCUT2D eigenvalue weighted by molar-refractivity contribution is -0.120. The van der Waals surface area contributed by atoms with Crippen LogP contribution in [-0.2, 0) is 14.6 Å². The van der Waals surface area contributed by atoms with Crippen LogP contribution in [0.15, 0.2) is 47.5 Å². The van der Waals surface area contributed by atoms with Crippen molar-refractivity contribution in [3.05, 3.63) is 47.6 Å². The SMILES string of the molecule is CC(C(=O)Nc1ccc(Cl)cn1)N(C)CCCOc1cccc(S(C)(=O)=O)c1. The first kappa shape index (κ1) is 22.1. The van der Waals surface area contributed by atoms with Crippen molar-refractivity contribution in [1.29, 1.82) is 0 Å². The van der Waals surface area contributed by atoms with E-state index in [9.17, 15) is 13.2 Å². The molecule has 1 unspecified atom stereocenters. The smallest absolute Gasteiger partial charge is 0.242 e. The normalized spacial score (nSPS) is 12.6. The molecule has 1 heterocycles. The molecule has 0 bridgehead atoms. The van der Waals surface area contributed by atoms with Crippen molar-refractivity contribution in [1.82, 2.24) is 9.88 Å². The molecular formula is C19H24ClN3O4S. The summed E-state index contributed by atoms with van der Waals surface area (Å²) in [7, 11) is -1.41. The van der Waals surface area contributed by atoms with Crippen LogP contribution < -0.4 is 10.1 Å². The Bertz CT molecular complexity index is 904. The van der Waals surface area contributed by atoms with Gasteiger partial charge < -0.3 is 10.1 Å². The largest absolute Gasteiger partial charge is 0.494 e.